The second kappa shape index (κ2) is 4.24. The Morgan fingerprint density at radius 1 is 0.889 bits per heavy atom. The van der Waals surface area contributed by atoms with Gasteiger partial charge < -0.3 is 9.84 Å². The lowest BCUT2D eigenvalue weighted by Crippen LogP contribution is -2.04. The van der Waals surface area contributed by atoms with E-state index in [1.54, 1.807) is 0 Å². The zero-order valence-electron chi connectivity index (χ0n) is 8.69. The quantitative estimate of drug-likeness (QED) is 0.515. The summed E-state index contributed by atoms with van der Waals surface area (Å²) < 4.78 is 69.7. The minimum Gasteiger partial charge on any atom is -0.355 e. The second-order valence-electron chi connectivity index (χ2n) is 3.12. The van der Waals surface area contributed by atoms with Gasteiger partial charge in [-0.3, -0.25) is 0 Å². The number of anilines is 1. The summed E-state index contributed by atoms with van der Waals surface area (Å²) in [4.78, 5) is 3.41. The van der Waals surface area contributed by atoms with Gasteiger partial charge in [0.15, 0.2) is 23.3 Å². The van der Waals surface area contributed by atoms with Gasteiger partial charge >= 0.3 is 0 Å². The maximum Gasteiger partial charge on any atom is 0.265 e. The molecule has 1 heterocycles. The average molecular weight is 265 g/mol. The Morgan fingerprint density at radius 3 is 1.83 bits per heavy atom. The highest BCUT2D eigenvalue weighted by Gasteiger charge is 2.29. The highest BCUT2D eigenvalue weighted by molar-refractivity contribution is 5.56. The number of hydrogen-bond donors (Lipinski definition) is 1. The van der Waals surface area contributed by atoms with Crippen molar-refractivity contribution in [1.82, 2.24) is 10.1 Å². The van der Waals surface area contributed by atoms with Crippen LogP contribution >= 0.6 is 0 Å². The van der Waals surface area contributed by atoms with E-state index in [1.807, 2.05) is 0 Å². The Hall–Kier alpha value is -2.19. The minimum atomic E-state index is -2.25. The largest absolute Gasteiger partial charge is 0.355 e. The van der Waals surface area contributed by atoms with Crippen LogP contribution < -0.4 is 5.32 Å². The lowest BCUT2D eigenvalue weighted by Gasteiger charge is -2.03. The monoisotopic (exact) mass is 265 g/mol. The Kier molecular flexibility index (Phi) is 2.89. The molecule has 0 unspecified atom stereocenters. The third kappa shape index (κ3) is 1.67. The van der Waals surface area contributed by atoms with Crippen LogP contribution in [0, 0.1) is 29.1 Å². The smallest absolute Gasteiger partial charge is 0.265 e. The summed E-state index contributed by atoms with van der Waals surface area (Å²) in [6, 6.07) is 0. The van der Waals surface area contributed by atoms with E-state index in [9.17, 15) is 22.0 Å². The molecule has 1 aromatic carbocycles. The van der Waals surface area contributed by atoms with E-state index in [1.165, 1.54) is 7.05 Å². The van der Waals surface area contributed by atoms with Gasteiger partial charge in [-0.25, -0.2) is 22.0 Å². The summed E-state index contributed by atoms with van der Waals surface area (Å²) in [7, 11) is 1.38. The van der Waals surface area contributed by atoms with Gasteiger partial charge in [-0.15, -0.1) is 0 Å². The van der Waals surface area contributed by atoms with Crippen LogP contribution in [0.5, 0.6) is 0 Å². The topological polar surface area (TPSA) is 51.0 Å². The van der Waals surface area contributed by atoms with Crippen LogP contribution in [0.1, 0.15) is 0 Å². The first-order chi connectivity index (χ1) is 8.47. The maximum atomic E-state index is 13.3. The van der Waals surface area contributed by atoms with E-state index in [0.29, 0.717) is 0 Å². The third-order valence-corrected chi connectivity index (χ3v) is 2.07. The molecule has 0 aliphatic rings. The van der Waals surface area contributed by atoms with Gasteiger partial charge in [-0.1, -0.05) is 0 Å². The maximum absolute atomic E-state index is 13.3. The predicted octanol–water partition coefficient (Wildman–Crippen LogP) is 2.47. The molecular weight excluding hydrogens is 261 g/mol. The number of nitrogens with one attached hydrogen (secondary N) is 1. The summed E-state index contributed by atoms with van der Waals surface area (Å²) in [5, 5.41) is 5.58. The van der Waals surface area contributed by atoms with Crippen LogP contribution in [0.25, 0.3) is 11.5 Å². The third-order valence-electron chi connectivity index (χ3n) is 2.07. The molecule has 4 nitrogen and oxygen atoms in total. The Morgan fingerprint density at radius 2 is 1.39 bits per heavy atom. The first-order valence-electron chi connectivity index (χ1n) is 4.50. The number of benzene rings is 1. The van der Waals surface area contributed by atoms with Crippen LogP contribution in [0.15, 0.2) is 4.52 Å². The molecule has 18 heavy (non-hydrogen) atoms. The average Bonchev–Trinajstić information content (AvgIpc) is 2.83. The van der Waals surface area contributed by atoms with Crippen LogP contribution in [0.2, 0.25) is 0 Å². The second-order valence-corrected chi connectivity index (χ2v) is 3.12. The molecule has 0 aliphatic heterocycles. The van der Waals surface area contributed by atoms with Gasteiger partial charge in [0.05, 0.1) is 0 Å². The van der Waals surface area contributed by atoms with Gasteiger partial charge in [-0.2, -0.15) is 4.98 Å². The van der Waals surface area contributed by atoms with Crippen molar-refractivity contribution in [1.29, 1.82) is 0 Å². The molecule has 1 aromatic heterocycles. The predicted molar refractivity (Wildman–Crippen MR) is 49.1 cm³/mol. The van der Waals surface area contributed by atoms with Crippen molar-refractivity contribution in [2.45, 2.75) is 0 Å². The molecule has 2 rings (SSSR count). The standard InChI is InChI=1S/C9H4F5N3O/c1-15-9-16-8(18-17-9)2-3(10)5(12)7(14)6(13)4(2)11/h1H3,(H,15,17). The lowest BCUT2D eigenvalue weighted by atomic mass is 10.1. The van der Waals surface area contributed by atoms with Crippen LogP contribution in [-0.4, -0.2) is 17.2 Å². The van der Waals surface area contributed by atoms with Gasteiger partial charge in [0.1, 0.15) is 5.56 Å². The van der Waals surface area contributed by atoms with Crippen LogP contribution in [0.4, 0.5) is 27.9 Å². The first kappa shape index (κ1) is 12.3. The van der Waals surface area contributed by atoms with Crippen molar-refractivity contribution < 1.29 is 26.5 Å². The molecule has 0 saturated heterocycles. The van der Waals surface area contributed by atoms with E-state index in [2.05, 4.69) is 20.0 Å². The van der Waals surface area contributed by atoms with E-state index in [0.717, 1.165) is 0 Å². The van der Waals surface area contributed by atoms with Gasteiger partial charge in [0, 0.05) is 7.05 Å². The molecule has 96 valence electrons. The van der Waals surface area contributed by atoms with Gasteiger partial charge in [0.25, 0.3) is 11.8 Å². The summed E-state index contributed by atoms with van der Waals surface area (Å²) >= 11 is 0. The number of hydrogen-bond acceptors (Lipinski definition) is 4. The van der Waals surface area contributed by atoms with Crippen molar-refractivity contribution in [3.8, 4) is 11.5 Å². The zero-order chi connectivity index (χ0) is 13.4. The molecule has 0 spiro atoms. The van der Waals surface area contributed by atoms with Crippen molar-refractivity contribution in [2.24, 2.45) is 0 Å². The molecule has 0 aliphatic carbocycles. The molecule has 0 fully saturated rings. The zero-order valence-corrected chi connectivity index (χ0v) is 8.69. The molecule has 0 bridgehead atoms. The Labute approximate surface area is 96.4 Å². The summed E-state index contributed by atoms with van der Waals surface area (Å²) in [5.74, 6) is -11.4. The normalized spacial score (nSPS) is 10.8. The van der Waals surface area contributed by atoms with Crippen LogP contribution in [-0.2, 0) is 0 Å². The molecule has 0 saturated carbocycles. The van der Waals surface area contributed by atoms with Gasteiger partial charge in [0.2, 0.25) is 5.82 Å². The van der Waals surface area contributed by atoms with E-state index in [4.69, 9.17) is 0 Å². The highest BCUT2D eigenvalue weighted by Crippen LogP contribution is 2.30. The van der Waals surface area contributed by atoms with Crippen molar-refractivity contribution >= 4 is 5.95 Å². The molecule has 0 atom stereocenters. The van der Waals surface area contributed by atoms with E-state index in [-0.39, 0.29) is 5.95 Å². The van der Waals surface area contributed by atoms with E-state index >= 15 is 0 Å². The minimum absolute atomic E-state index is 0.158. The molecule has 9 heteroatoms. The summed E-state index contributed by atoms with van der Waals surface area (Å²) in [6.45, 7) is 0. The fraction of sp³-hybridized carbons (Fsp3) is 0.111. The Balaban J connectivity index is 2.71. The molecule has 1 N–H and O–H groups in total. The molecular formula is C9H4F5N3O. The van der Waals surface area contributed by atoms with E-state index < -0.39 is 40.5 Å². The van der Waals surface area contributed by atoms with Crippen molar-refractivity contribution in [3.05, 3.63) is 29.1 Å². The number of halogens is 5. The highest BCUT2D eigenvalue weighted by atomic mass is 19.2. The summed E-state index contributed by atoms with van der Waals surface area (Å²) in [5.41, 5.74) is -1.26. The van der Waals surface area contributed by atoms with Crippen molar-refractivity contribution in [3.63, 3.8) is 0 Å². The molecule has 0 radical (unpaired) electrons. The molecule has 2 aromatic rings. The van der Waals surface area contributed by atoms with Crippen molar-refractivity contribution in [2.75, 3.05) is 12.4 Å². The lowest BCUT2D eigenvalue weighted by molar-refractivity contribution is 0.373. The number of aromatic nitrogens is 2. The fourth-order valence-corrected chi connectivity index (χ4v) is 1.22. The molecule has 0 amide bonds. The SMILES string of the molecule is CNc1noc(-c2c(F)c(F)c(F)c(F)c2F)n1. The number of rotatable bonds is 2. The first-order valence-corrected chi connectivity index (χ1v) is 4.50. The summed E-state index contributed by atoms with van der Waals surface area (Å²) in [6.07, 6.45) is 0. The Bertz CT molecular complexity index is 583. The number of nitrogens with zero attached hydrogens (tertiary/aromatic N) is 2. The van der Waals surface area contributed by atoms with Crippen LogP contribution in [0.3, 0.4) is 0 Å². The fourth-order valence-electron chi connectivity index (χ4n) is 1.22. The van der Waals surface area contributed by atoms with Gasteiger partial charge in [-0.05, 0) is 5.16 Å².